The minimum absolute atomic E-state index is 0.126. The maximum atomic E-state index is 13.0. The number of nitrogens with zero attached hydrogens (tertiary/aromatic N) is 4. The zero-order valence-electron chi connectivity index (χ0n) is 17.2. The predicted molar refractivity (Wildman–Crippen MR) is 114 cm³/mol. The summed E-state index contributed by atoms with van der Waals surface area (Å²) in [6.45, 7) is 11.0. The number of nitrogens with one attached hydrogen (secondary N) is 2. The highest BCUT2D eigenvalue weighted by molar-refractivity contribution is 7.09. The van der Waals surface area contributed by atoms with Gasteiger partial charge in [-0.1, -0.05) is 12.1 Å². The summed E-state index contributed by atoms with van der Waals surface area (Å²) >= 11 is 1.41. The van der Waals surface area contributed by atoms with Crippen molar-refractivity contribution in [2.24, 2.45) is 0 Å². The van der Waals surface area contributed by atoms with Gasteiger partial charge in [0.2, 0.25) is 5.13 Å². The summed E-state index contributed by atoms with van der Waals surface area (Å²) in [4.78, 5) is 21.1. The summed E-state index contributed by atoms with van der Waals surface area (Å²) in [5, 5.41) is 6.74. The molecule has 29 heavy (non-hydrogen) atoms. The zero-order chi connectivity index (χ0) is 20.9. The SMILES string of the molecule is CC(C)(C)NC(=O)NCCN1CCN(c2nc(Cc3ccc(F)cc3)ns2)CC1. The fraction of sp³-hybridized carbons (Fsp3) is 0.550. The van der Waals surface area contributed by atoms with Crippen molar-refractivity contribution in [3.8, 4) is 0 Å². The van der Waals surface area contributed by atoms with Crippen molar-refractivity contribution in [2.45, 2.75) is 32.7 Å². The lowest BCUT2D eigenvalue weighted by Gasteiger charge is -2.34. The first-order valence-electron chi connectivity index (χ1n) is 9.89. The summed E-state index contributed by atoms with van der Waals surface area (Å²) in [5.74, 6) is 0.539. The van der Waals surface area contributed by atoms with Gasteiger partial charge in [0.05, 0.1) is 0 Å². The van der Waals surface area contributed by atoms with Gasteiger partial charge in [-0.25, -0.2) is 14.2 Å². The Morgan fingerprint density at radius 2 is 1.86 bits per heavy atom. The van der Waals surface area contributed by atoms with E-state index in [0.717, 1.165) is 49.2 Å². The number of benzene rings is 1. The van der Waals surface area contributed by atoms with Gasteiger partial charge in [0.25, 0.3) is 0 Å². The number of halogens is 1. The number of aromatic nitrogens is 2. The van der Waals surface area contributed by atoms with E-state index in [-0.39, 0.29) is 17.4 Å². The Balaban J connectivity index is 1.40. The maximum absolute atomic E-state index is 13.0. The average Bonchev–Trinajstić information content (AvgIpc) is 3.11. The molecule has 1 aliphatic rings. The van der Waals surface area contributed by atoms with Gasteiger partial charge in [-0.3, -0.25) is 4.90 Å². The summed E-state index contributed by atoms with van der Waals surface area (Å²) in [5.41, 5.74) is 0.774. The van der Waals surface area contributed by atoms with E-state index in [1.807, 2.05) is 20.8 Å². The number of carbonyl (C=O) groups excluding carboxylic acids is 1. The highest BCUT2D eigenvalue weighted by atomic mass is 32.1. The number of piperazine rings is 1. The number of carbonyl (C=O) groups is 1. The molecule has 0 aliphatic carbocycles. The van der Waals surface area contributed by atoms with Gasteiger partial charge in [-0.05, 0) is 38.5 Å². The predicted octanol–water partition coefficient (Wildman–Crippen LogP) is 2.49. The molecule has 1 saturated heterocycles. The molecule has 1 fully saturated rings. The van der Waals surface area contributed by atoms with E-state index < -0.39 is 0 Å². The van der Waals surface area contributed by atoms with Crippen LogP contribution in [0.5, 0.6) is 0 Å². The first kappa shape index (κ1) is 21.4. The van der Waals surface area contributed by atoms with Crippen molar-refractivity contribution in [3.63, 3.8) is 0 Å². The van der Waals surface area contributed by atoms with Gasteiger partial charge in [0.1, 0.15) is 11.6 Å². The topological polar surface area (TPSA) is 73.4 Å². The van der Waals surface area contributed by atoms with E-state index >= 15 is 0 Å². The van der Waals surface area contributed by atoms with Crippen LogP contribution in [0.2, 0.25) is 0 Å². The van der Waals surface area contributed by atoms with Crippen LogP contribution >= 0.6 is 11.5 Å². The summed E-state index contributed by atoms with van der Waals surface area (Å²) in [7, 11) is 0. The monoisotopic (exact) mass is 420 g/mol. The minimum Gasteiger partial charge on any atom is -0.344 e. The first-order valence-corrected chi connectivity index (χ1v) is 10.7. The number of amides is 2. The van der Waals surface area contributed by atoms with E-state index in [4.69, 9.17) is 0 Å². The van der Waals surface area contributed by atoms with Crippen LogP contribution in [0.4, 0.5) is 14.3 Å². The van der Waals surface area contributed by atoms with Crippen molar-refractivity contribution < 1.29 is 9.18 Å². The highest BCUT2D eigenvalue weighted by Gasteiger charge is 2.20. The number of rotatable bonds is 6. The molecule has 0 spiro atoms. The molecule has 1 aromatic heterocycles. The van der Waals surface area contributed by atoms with Crippen LogP contribution in [0.3, 0.4) is 0 Å². The lowest BCUT2D eigenvalue weighted by Crippen LogP contribution is -2.51. The fourth-order valence-corrected chi connectivity index (χ4v) is 3.84. The van der Waals surface area contributed by atoms with Crippen molar-refractivity contribution in [1.82, 2.24) is 24.9 Å². The molecule has 3 rings (SSSR count). The smallest absolute Gasteiger partial charge is 0.315 e. The fourth-order valence-electron chi connectivity index (χ4n) is 3.10. The maximum Gasteiger partial charge on any atom is 0.315 e. The van der Waals surface area contributed by atoms with Crippen molar-refractivity contribution in [2.75, 3.05) is 44.2 Å². The quantitative estimate of drug-likeness (QED) is 0.751. The highest BCUT2D eigenvalue weighted by Crippen LogP contribution is 2.20. The second kappa shape index (κ2) is 9.49. The minimum atomic E-state index is -0.233. The van der Waals surface area contributed by atoms with Crippen LogP contribution < -0.4 is 15.5 Å². The Labute approximate surface area is 175 Å². The average molecular weight is 421 g/mol. The van der Waals surface area contributed by atoms with E-state index in [2.05, 4.69) is 29.8 Å². The zero-order valence-corrected chi connectivity index (χ0v) is 18.1. The third kappa shape index (κ3) is 6.93. The van der Waals surface area contributed by atoms with E-state index in [1.54, 1.807) is 12.1 Å². The number of urea groups is 1. The number of hydrogen-bond acceptors (Lipinski definition) is 6. The van der Waals surface area contributed by atoms with Crippen LogP contribution in [-0.4, -0.2) is 65.1 Å². The lowest BCUT2D eigenvalue weighted by molar-refractivity contribution is 0.225. The molecule has 9 heteroatoms. The largest absolute Gasteiger partial charge is 0.344 e. The Morgan fingerprint density at radius 1 is 1.17 bits per heavy atom. The molecule has 0 atom stereocenters. The second-order valence-electron chi connectivity index (χ2n) is 8.26. The van der Waals surface area contributed by atoms with Crippen LogP contribution in [0.25, 0.3) is 0 Å². The molecule has 2 heterocycles. The summed E-state index contributed by atoms with van der Waals surface area (Å²) in [6.07, 6.45) is 0.610. The van der Waals surface area contributed by atoms with Crippen LogP contribution in [0, 0.1) is 5.82 Å². The van der Waals surface area contributed by atoms with E-state index in [0.29, 0.717) is 13.0 Å². The van der Waals surface area contributed by atoms with Crippen molar-refractivity contribution in [1.29, 1.82) is 0 Å². The third-order valence-corrected chi connectivity index (χ3v) is 5.39. The van der Waals surface area contributed by atoms with Crippen LogP contribution in [0.1, 0.15) is 32.2 Å². The van der Waals surface area contributed by atoms with E-state index in [9.17, 15) is 9.18 Å². The number of anilines is 1. The Hall–Kier alpha value is -2.26. The normalized spacial score (nSPS) is 15.4. The molecule has 0 bridgehead atoms. The third-order valence-electron chi connectivity index (χ3n) is 4.58. The Morgan fingerprint density at radius 3 is 2.52 bits per heavy atom. The molecule has 2 aromatic rings. The molecular formula is C20H29FN6OS. The number of hydrogen-bond donors (Lipinski definition) is 2. The molecule has 2 amide bonds. The molecule has 0 unspecified atom stereocenters. The van der Waals surface area contributed by atoms with Gasteiger partial charge in [-0.2, -0.15) is 4.37 Å². The molecular weight excluding hydrogens is 391 g/mol. The van der Waals surface area contributed by atoms with E-state index in [1.165, 1.54) is 23.7 Å². The van der Waals surface area contributed by atoms with Crippen molar-refractivity contribution >= 4 is 22.7 Å². The first-order chi connectivity index (χ1) is 13.8. The van der Waals surface area contributed by atoms with Gasteiger partial charge in [0, 0.05) is 62.8 Å². The molecule has 0 saturated carbocycles. The lowest BCUT2D eigenvalue weighted by atomic mass is 10.1. The molecule has 7 nitrogen and oxygen atoms in total. The van der Waals surface area contributed by atoms with Gasteiger partial charge >= 0.3 is 6.03 Å². The van der Waals surface area contributed by atoms with Gasteiger partial charge < -0.3 is 15.5 Å². The van der Waals surface area contributed by atoms with Gasteiger partial charge in [0.15, 0.2) is 0 Å². The second-order valence-corrected chi connectivity index (χ2v) is 8.99. The van der Waals surface area contributed by atoms with Crippen molar-refractivity contribution in [3.05, 3.63) is 41.5 Å². The standard InChI is InChI=1S/C20H29FN6OS/c1-20(2,3)24-18(28)22-8-9-26-10-12-27(13-11-26)19-23-17(25-29-19)14-15-4-6-16(21)7-5-15/h4-7H,8-14H2,1-3H3,(H2,22,24,28). The van der Waals surface area contributed by atoms with Gasteiger partial charge in [-0.15, -0.1) is 0 Å². The van der Waals surface area contributed by atoms with Crippen LogP contribution in [0.15, 0.2) is 24.3 Å². The summed E-state index contributed by atoms with van der Waals surface area (Å²) < 4.78 is 17.5. The van der Waals surface area contributed by atoms with Crippen LogP contribution in [-0.2, 0) is 6.42 Å². The molecule has 1 aromatic carbocycles. The summed E-state index contributed by atoms with van der Waals surface area (Å²) in [6, 6.07) is 6.33. The molecule has 158 valence electrons. The molecule has 0 radical (unpaired) electrons. The molecule has 1 aliphatic heterocycles. The Bertz CT molecular complexity index is 796. The molecule has 2 N–H and O–H groups in total. The Kier molecular flexibility index (Phi) is 7.02.